The van der Waals surface area contributed by atoms with Crippen molar-refractivity contribution in [2.75, 3.05) is 32.8 Å². The number of amides is 1. The van der Waals surface area contributed by atoms with E-state index < -0.39 is 5.60 Å². The van der Waals surface area contributed by atoms with E-state index in [-0.39, 0.29) is 6.09 Å². The molecule has 0 aromatic carbocycles. The molecule has 0 aromatic heterocycles. The summed E-state index contributed by atoms with van der Waals surface area (Å²) in [5.74, 6) is 0.684. The Morgan fingerprint density at radius 2 is 1.89 bits per heavy atom. The average molecular weight is 270 g/mol. The quantitative estimate of drug-likeness (QED) is 0.846. The van der Waals surface area contributed by atoms with Crippen molar-refractivity contribution >= 4 is 6.09 Å². The minimum absolute atomic E-state index is 0.200. The van der Waals surface area contributed by atoms with E-state index in [1.54, 1.807) is 4.90 Å². The van der Waals surface area contributed by atoms with E-state index >= 15 is 0 Å². The molecule has 0 aromatic rings. The van der Waals surface area contributed by atoms with Gasteiger partial charge in [-0.2, -0.15) is 0 Å². The van der Waals surface area contributed by atoms with E-state index in [4.69, 9.17) is 9.47 Å². The van der Waals surface area contributed by atoms with Crippen molar-refractivity contribution < 1.29 is 14.3 Å². The summed E-state index contributed by atoms with van der Waals surface area (Å²) in [5.41, 5.74) is -0.415. The highest BCUT2D eigenvalue weighted by atomic mass is 16.6. The van der Waals surface area contributed by atoms with Gasteiger partial charge in [0, 0.05) is 32.1 Å². The number of carbonyl (C=O) groups excluding carboxylic acids is 1. The topological polar surface area (TPSA) is 50.8 Å². The molecule has 0 bridgehead atoms. The van der Waals surface area contributed by atoms with Crippen molar-refractivity contribution in [3.05, 3.63) is 0 Å². The van der Waals surface area contributed by atoms with Gasteiger partial charge in [0.1, 0.15) is 5.60 Å². The normalized spacial score (nSPS) is 22.2. The van der Waals surface area contributed by atoms with Crippen LogP contribution in [0.25, 0.3) is 0 Å². The molecule has 110 valence electrons. The fraction of sp³-hybridized carbons (Fsp3) is 0.929. The Morgan fingerprint density at radius 3 is 2.37 bits per heavy atom. The van der Waals surface area contributed by atoms with Crippen LogP contribution < -0.4 is 5.32 Å². The lowest BCUT2D eigenvalue weighted by Crippen LogP contribution is -2.47. The van der Waals surface area contributed by atoms with Crippen LogP contribution in [-0.2, 0) is 9.47 Å². The van der Waals surface area contributed by atoms with Crippen molar-refractivity contribution in [3.63, 3.8) is 0 Å². The predicted octanol–water partition coefficient (Wildman–Crippen LogP) is 1.62. The maximum Gasteiger partial charge on any atom is 0.410 e. The van der Waals surface area contributed by atoms with Crippen molar-refractivity contribution in [2.24, 2.45) is 5.92 Å². The maximum absolute atomic E-state index is 11.9. The van der Waals surface area contributed by atoms with E-state index in [9.17, 15) is 4.79 Å². The van der Waals surface area contributed by atoms with Gasteiger partial charge < -0.3 is 19.7 Å². The summed E-state index contributed by atoms with van der Waals surface area (Å²) in [6, 6.07) is 0. The number of carbonyl (C=O) groups is 1. The van der Waals surface area contributed by atoms with E-state index in [1.165, 1.54) is 0 Å². The first-order valence-electron chi connectivity index (χ1n) is 7.24. The second-order valence-electron chi connectivity index (χ2n) is 6.52. The van der Waals surface area contributed by atoms with Gasteiger partial charge >= 0.3 is 6.09 Å². The molecule has 1 amide bonds. The molecule has 0 unspecified atom stereocenters. The molecule has 5 heteroatoms. The highest BCUT2D eigenvalue weighted by molar-refractivity contribution is 5.68. The van der Waals surface area contributed by atoms with Crippen molar-refractivity contribution in [3.8, 4) is 0 Å². The van der Waals surface area contributed by atoms with Gasteiger partial charge in [0.25, 0.3) is 0 Å². The summed E-state index contributed by atoms with van der Waals surface area (Å²) in [7, 11) is 0. The first-order chi connectivity index (χ1) is 8.94. The molecule has 5 nitrogen and oxygen atoms in total. The van der Waals surface area contributed by atoms with Crippen LogP contribution in [-0.4, -0.2) is 55.5 Å². The molecule has 2 fully saturated rings. The third kappa shape index (κ3) is 4.66. The fourth-order valence-electron chi connectivity index (χ4n) is 2.27. The summed E-state index contributed by atoms with van der Waals surface area (Å²) in [5, 5.41) is 3.24. The van der Waals surface area contributed by atoms with Crippen LogP contribution in [0.5, 0.6) is 0 Å². The zero-order valence-corrected chi connectivity index (χ0v) is 12.3. The van der Waals surface area contributed by atoms with Gasteiger partial charge in [0.15, 0.2) is 0 Å². The zero-order valence-electron chi connectivity index (χ0n) is 12.3. The van der Waals surface area contributed by atoms with Crippen LogP contribution in [0.2, 0.25) is 0 Å². The largest absolute Gasteiger partial charge is 0.444 e. The highest BCUT2D eigenvalue weighted by Crippen LogP contribution is 2.18. The van der Waals surface area contributed by atoms with Gasteiger partial charge in [0.2, 0.25) is 0 Å². The van der Waals surface area contributed by atoms with Gasteiger partial charge in [-0.15, -0.1) is 0 Å². The molecule has 1 N–H and O–H groups in total. The number of piperidine rings is 1. The number of rotatable bonds is 3. The zero-order chi connectivity index (χ0) is 13.9. The number of likely N-dealkylation sites (tertiary alicyclic amines) is 1. The molecule has 2 saturated heterocycles. The molecule has 2 heterocycles. The Balaban J connectivity index is 1.65. The Hall–Kier alpha value is -0.810. The smallest absolute Gasteiger partial charge is 0.410 e. The molecule has 0 atom stereocenters. The first-order valence-corrected chi connectivity index (χ1v) is 7.24. The second-order valence-corrected chi connectivity index (χ2v) is 6.52. The van der Waals surface area contributed by atoms with Crippen LogP contribution in [0.15, 0.2) is 0 Å². The summed E-state index contributed by atoms with van der Waals surface area (Å²) < 4.78 is 11.3. The lowest BCUT2D eigenvalue weighted by Gasteiger charge is -2.35. The van der Waals surface area contributed by atoms with Gasteiger partial charge in [-0.1, -0.05) is 0 Å². The molecule has 0 aliphatic carbocycles. The van der Waals surface area contributed by atoms with Crippen LogP contribution in [0.4, 0.5) is 4.79 Å². The van der Waals surface area contributed by atoms with Crippen LogP contribution in [0.3, 0.4) is 0 Å². The second kappa shape index (κ2) is 6.09. The van der Waals surface area contributed by atoms with Crippen LogP contribution >= 0.6 is 0 Å². The van der Waals surface area contributed by atoms with Gasteiger partial charge in [-0.3, -0.25) is 0 Å². The van der Waals surface area contributed by atoms with E-state index in [2.05, 4.69) is 5.32 Å². The average Bonchev–Trinajstić information content (AvgIpc) is 2.25. The molecular weight excluding hydrogens is 244 g/mol. The lowest BCUT2D eigenvalue weighted by molar-refractivity contribution is -0.0258. The molecule has 0 spiro atoms. The minimum Gasteiger partial charge on any atom is -0.444 e. The minimum atomic E-state index is -0.415. The molecule has 19 heavy (non-hydrogen) atoms. The Bertz CT molecular complexity index is 302. The third-order valence-corrected chi connectivity index (χ3v) is 3.53. The van der Waals surface area contributed by atoms with Gasteiger partial charge in [0.05, 0.1) is 12.7 Å². The molecule has 2 aliphatic rings. The molecule has 2 aliphatic heterocycles. The number of nitrogens with zero attached hydrogens (tertiary/aromatic N) is 1. The third-order valence-electron chi connectivity index (χ3n) is 3.53. The van der Waals surface area contributed by atoms with Gasteiger partial charge in [-0.25, -0.2) is 4.79 Å². The maximum atomic E-state index is 11.9. The van der Waals surface area contributed by atoms with Crippen molar-refractivity contribution in [1.29, 1.82) is 0 Å². The summed E-state index contributed by atoms with van der Waals surface area (Å²) in [6.07, 6.45) is 1.94. The number of hydrogen-bond acceptors (Lipinski definition) is 4. The predicted molar refractivity (Wildman–Crippen MR) is 73.1 cm³/mol. The number of hydrogen-bond donors (Lipinski definition) is 1. The molecule has 0 saturated carbocycles. The summed E-state index contributed by atoms with van der Waals surface area (Å²) in [4.78, 5) is 13.7. The van der Waals surface area contributed by atoms with E-state index in [0.717, 1.165) is 45.6 Å². The molecular formula is C14H26N2O3. The first kappa shape index (κ1) is 14.6. The number of ether oxygens (including phenoxy) is 2. The number of nitrogens with one attached hydrogen (secondary N) is 1. The highest BCUT2D eigenvalue weighted by Gasteiger charge is 2.28. The SMILES string of the molecule is CC(C)(C)OC(=O)N1CCC(OCC2CNC2)CC1. The van der Waals surface area contributed by atoms with Crippen LogP contribution in [0, 0.1) is 5.92 Å². The van der Waals surface area contributed by atoms with Crippen molar-refractivity contribution in [1.82, 2.24) is 10.2 Å². The van der Waals surface area contributed by atoms with Crippen molar-refractivity contribution in [2.45, 2.75) is 45.3 Å². The summed E-state index contributed by atoms with van der Waals surface area (Å²) in [6.45, 7) is 10.2. The summed E-state index contributed by atoms with van der Waals surface area (Å²) >= 11 is 0. The standard InChI is InChI=1S/C14H26N2O3/c1-14(2,3)19-13(17)16-6-4-12(5-7-16)18-10-11-8-15-9-11/h11-12,15H,4-10H2,1-3H3. The lowest BCUT2D eigenvalue weighted by atomic mass is 10.0. The van der Waals surface area contributed by atoms with E-state index in [1.807, 2.05) is 20.8 Å². The Kier molecular flexibility index (Phi) is 4.68. The Labute approximate surface area is 115 Å². The van der Waals surface area contributed by atoms with Crippen LogP contribution in [0.1, 0.15) is 33.6 Å². The molecule has 2 rings (SSSR count). The molecule has 0 radical (unpaired) electrons. The van der Waals surface area contributed by atoms with Gasteiger partial charge in [-0.05, 0) is 33.6 Å². The fourth-order valence-corrected chi connectivity index (χ4v) is 2.27. The van der Waals surface area contributed by atoms with E-state index in [0.29, 0.717) is 12.0 Å². The monoisotopic (exact) mass is 270 g/mol. The Morgan fingerprint density at radius 1 is 1.26 bits per heavy atom.